The molecule has 4 aromatic rings. The van der Waals surface area contributed by atoms with Gasteiger partial charge in [0.25, 0.3) is 0 Å². The Hall–Kier alpha value is -3.63. The summed E-state index contributed by atoms with van der Waals surface area (Å²) >= 11 is 0. The van der Waals surface area contributed by atoms with E-state index in [-0.39, 0.29) is 18.8 Å². The SMILES string of the molecule is N#Cc1ccc(C2CC(O)CC(CO)O2)cc1Cc1ccc(OCc2cc3ccccc3o2)cc1. The largest absolute Gasteiger partial charge is 0.486 e. The molecule has 1 aliphatic rings. The number of hydrogen-bond donors (Lipinski definition) is 2. The first-order valence-corrected chi connectivity index (χ1v) is 11.8. The minimum atomic E-state index is -0.517. The van der Waals surface area contributed by atoms with Gasteiger partial charge in [-0.25, -0.2) is 0 Å². The zero-order valence-electron chi connectivity index (χ0n) is 19.3. The van der Waals surface area contributed by atoms with E-state index in [0.717, 1.165) is 39.2 Å². The van der Waals surface area contributed by atoms with Crippen molar-refractivity contribution in [2.75, 3.05) is 6.61 Å². The minimum absolute atomic E-state index is 0.124. The van der Waals surface area contributed by atoms with E-state index in [9.17, 15) is 15.5 Å². The lowest BCUT2D eigenvalue weighted by Crippen LogP contribution is -2.33. The fourth-order valence-electron chi connectivity index (χ4n) is 4.58. The lowest BCUT2D eigenvalue weighted by Gasteiger charge is -2.32. The Morgan fingerprint density at radius 2 is 1.83 bits per heavy atom. The Morgan fingerprint density at radius 1 is 1.00 bits per heavy atom. The Labute approximate surface area is 204 Å². The summed E-state index contributed by atoms with van der Waals surface area (Å²) in [4.78, 5) is 0. The van der Waals surface area contributed by atoms with Crippen LogP contribution in [0.4, 0.5) is 0 Å². The molecule has 6 heteroatoms. The van der Waals surface area contributed by atoms with E-state index in [1.165, 1.54) is 0 Å². The second-order valence-corrected chi connectivity index (χ2v) is 8.94. The van der Waals surface area contributed by atoms with Gasteiger partial charge in [-0.2, -0.15) is 5.26 Å². The van der Waals surface area contributed by atoms with E-state index < -0.39 is 6.10 Å². The third kappa shape index (κ3) is 5.39. The number of aliphatic hydroxyl groups excluding tert-OH is 2. The smallest absolute Gasteiger partial charge is 0.146 e. The van der Waals surface area contributed by atoms with Gasteiger partial charge in [-0.1, -0.05) is 42.5 Å². The van der Waals surface area contributed by atoms with Crippen molar-refractivity contribution in [3.8, 4) is 11.8 Å². The van der Waals surface area contributed by atoms with Crippen molar-refractivity contribution in [3.05, 3.63) is 101 Å². The zero-order valence-corrected chi connectivity index (χ0v) is 19.3. The van der Waals surface area contributed by atoms with Crippen LogP contribution in [0.2, 0.25) is 0 Å². The summed E-state index contributed by atoms with van der Waals surface area (Å²) in [6.07, 6.45) is 0.280. The number of ether oxygens (including phenoxy) is 2. The van der Waals surface area contributed by atoms with E-state index in [1.807, 2.05) is 66.7 Å². The van der Waals surface area contributed by atoms with Crippen LogP contribution in [-0.4, -0.2) is 29.0 Å². The van der Waals surface area contributed by atoms with Gasteiger partial charge in [0.2, 0.25) is 0 Å². The molecule has 1 aliphatic heterocycles. The standard InChI is InChI=1S/C29H27NO5/c30-16-22-8-7-21(29-15-24(32)14-26(17-31)34-29)12-23(22)11-19-5-9-25(10-6-19)33-18-27-13-20-3-1-2-4-28(20)35-27/h1-10,12-13,24,26,29,31-32H,11,14-15,17-18H2. The third-order valence-corrected chi connectivity index (χ3v) is 6.38. The van der Waals surface area contributed by atoms with Gasteiger partial charge in [-0.15, -0.1) is 0 Å². The first-order valence-electron chi connectivity index (χ1n) is 11.8. The zero-order chi connectivity index (χ0) is 24.2. The number of benzene rings is 3. The number of para-hydroxylation sites is 1. The van der Waals surface area contributed by atoms with Gasteiger partial charge in [-0.05, 0) is 53.4 Å². The van der Waals surface area contributed by atoms with Crippen molar-refractivity contribution < 1.29 is 24.1 Å². The van der Waals surface area contributed by atoms with Crippen LogP contribution in [-0.2, 0) is 17.8 Å². The van der Waals surface area contributed by atoms with Crippen molar-refractivity contribution in [2.45, 2.75) is 44.2 Å². The van der Waals surface area contributed by atoms with Crippen LogP contribution < -0.4 is 4.74 Å². The Morgan fingerprint density at radius 3 is 2.60 bits per heavy atom. The predicted octanol–water partition coefficient (Wildman–Crippen LogP) is 5.05. The van der Waals surface area contributed by atoms with Gasteiger partial charge >= 0.3 is 0 Å². The van der Waals surface area contributed by atoms with Gasteiger partial charge < -0.3 is 24.1 Å². The lowest BCUT2D eigenvalue weighted by molar-refractivity contribution is -0.113. The van der Waals surface area contributed by atoms with Gasteiger partial charge in [0.1, 0.15) is 23.7 Å². The molecule has 2 heterocycles. The molecule has 178 valence electrons. The molecule has 0 bridgehead atoms. The highest BCUT2D eigenvalue weighted by atomic mass is 16.5. The number of nitriles is 1. The average molecular weight is 470 g/mol. The maximum Gasteiger partial charge on any atom is 0.146 e. The average Bonchev–Trinajstić information content (AvgIpc) is 3.31. The summed E-state index contributed by atoms with van der Waals surface area (Å²) < 4.78 is 17.7. The highest BCUT2D eigenvalue weighted by Crippen LogP contribution is 2.33. The van der Waals surface area contributed by atoms with Gasteiger partial charge in [-0.3, -0.25) is 0 Å². The van der Waals surface area contributed by atoms with Crippen molar-refractivity contribution in [3.63, 3.8) is 0 Å². The Balaban J connectivity index is 1.27. The monoisotopic (exact) mass is 469 g/mol. The lowest BCUT2D eigenvalue weighted by atomic mass is 9.92. The molecule has 1 saturated heterocycles. The molecule has 6 nitrogen and oxygen atoms in total. The summed E-state index contributed by atoms with van der Waals surface area (Å²) in [6.45, 7) is 0.220. The number of rotatable bonds is 7. The van der Waals surface area contributed by atoms with Crippen LogP contribution in [0.15, 0.2) is 77.2 Å². The van der Waals surface area contributed by atoms with E-state index in [4.69, 9.17) is 13.9 Å². The van der Waals surface area contributed by atoms with Crippen LogP contribution in [0.3, 0.4) is 0 Å². The van der Waals surface area contributed by atoms with Crippen molar-refractivity contribution in [1.29, 1.82) is 5.26 Å². The second kappa shape index (κ2) is 10.3. The molecule has 0 aliphatic carbocycles. The van der Waals surface area contributed by atoms with Crippen molar-refractivity contribution >= 4 is 11.0 Å². The molecule has 0 saturated carbocycles. The van der Waals surface area contributed by atoms with Crippen LogP contribution in [0.5, 0.6) is 5.75 Å². The molecular formula is C29H27NO5. The Bertz CT molecular complexity index is 1300. The molecular weight excluding hydrogens is 442 g/mol. The minimum Gasteiger partial charge on any atom is -0.486 e. The van der Waals surface area contributed by atoms with Crippen LogP contribution in [0, 0.1) is 11.3 Å². The summed E-state index contributed by atoms with van der Waals surface area (Å²) in [5.41, 5.74) is 4.30. The number of fused-ring (bicyclic) bond motifs is 1. The normalized spacial score (nSPS) is 20.0. The van der Waals surface area contributed by atoms with Crippen LogP contribution in [0.1, 0.15) is 47.0 Å². The first kappa shape index (κ1) is 23.1. The highest BCUT2D eigenvalue weighted by molar-refractivity contribution is 5.77. The molecule has 0 spiro atoms. The highest BCUT2D eigenvalue weighted by Gasteiger charge is 2.29. The predicted molar refractivity (Wildman–Crippen MR) is 131 cm³/mol. The van der Waals surface area contributed by atoms with Crippen molar-refractivity contribution in [1.82, 2.24) is 0 Å². The molecule has 1 aromatic heterocycles. The fraction of sp³-hybridized carbons (Fsp3) is 0.276. The summed E-state index contributed by atoms with van der Waals surface area (Å²) in [5.74, 6) is 1.51. The number of furan rings is 1. The summed E-state index contributed by atoms with van der Waals surface area (Å²) in [7, 11) is 0. The first-order chi connectivity index (χ1) is 17.1. The molecule has 0 radical (unpaired) electrons. The molecule has 2 N–H and O–H groups in total. The van der Waals surface area contributed by atoms with Crippen molar-refractivity contribution in [2.24, 2.45) is 0 Å². The summed E-state index contributed by atoms with van der Waals surface area (Å²) in [5, 5.41) is 30.3. The molecule has 1 fully saturated rings. The van der Waals surface area contributed by atoms with Gasteiger partial charge in [0, 0.05) is 18.2 Å². The summed E-state index contributed by atoms with van der Waals surface area (Å²) in [6, 6.07) is 25.6. The number of aliphatic hydroxyl groups is 2. The Kier molecular flexibility index (Phi) is 6.82. The van der Waals surface area contributed by atoms with Gasteiger partial charge in [0.15, 0.2) is 0 Å². The molecule has 3 unspecified atom stereocenters. The third-order valence-electron chi connectivity index (χ3n) is 6.38. The maximum absolute atomic E-state index is 10.2. The maximum atomic E-state index is 10.2. The van der Waals surface area contributed by atoms with E-state index in [1.54, 1.807) is 6.07 Å². The molecule has 3 aromatic carbocycles. The quantitative estimate of drug-likeness (QED) is 0.393. The van der Waals surface area contributed by atoms with E-state index in [2.05, 4.69) is 6.07 Å². The van der Waals surface area contributed by atoms with Crippen LogP contribution >= 0.6 is 0 Å². The van der Waals surface area contributed by atoms with E-state index >= 15 is 0 Å². The van der Waals surface area contributed by atoms with Gasteiger partial charge in [0.05, 0.1) is 36.6 Å². The van der Waals surface area contributed by atoms with E-state index in [0.29, 0.717) is 31.4 Å². The molecule has 35 heavy (non-hydrogen) atoms. The van der Waals surface area contributed by atoms with Crippen LogP contribution in [0.25, 0.3) is 11.0 Å². The fourth-order valence-corrected chi connectivity index (χ4v) is 4.58. The number of hydrogen-bond acceptors (Lipinski definition) is 6. The number of nitrogens with zero attached hydrogens (tertiary/aromatic N) is 1. The second-order valence-electron chi connectivity index (χ2n) is 8.94. The molecule has 0 amide bonds. The molecule has 3 atom stereocenters. The topological polar surface area (TPSA) is 95.9 Å². The molecule has 5 rings (SSSR count).